The van der Waals surface area contributed by atoms with Crippen LogP contribution in [0.3, 0.4) is 0 Å². The number of amides is 1. The highest BCUT2D eigenvalue weighted by atomic mass is 19.1. The van der Waals surface area contributed by atoms with Gasteiger partial charge < -0.3 is 9.88 Å². The Hall–Kier alpha value is -2.17. The number of nitrogens with one attached hydrogen (secondary N) is 1. The second kappa shape index (κ2) is 5.00. The highest BCUT2D eigenvalue weighted by Gasteiger charge is 2.17. The number of aromatic nitrogens is 2. The average Bonchev–Trinajstić information content (AvgIpc) is 2.84. The van der Waals surface area contributed by atoms with Gasteiger partial charge in [-0.25, -0.2) is 9.37 Å². The lowest BCUT2D eigenvalue weighted by Gasteiger charge is -2.16. The van der Waals surface area contributed by atoms with Crippen LogP contribution in [0.1, 0.15) is 21.7 Å². The van der Waals surface area contributed by atoms with Gasteiger partial charge in [0.05, 0.1) is 12.1 Å². The molecule has 4 nitrogen and oxygen atoms in total. The largest absolute Gasteiger partial charge is 0.347 e. The van der Waals surface area contributed by atoms with Crippen molar-refractivity contribution in [3.05, 3.63) is 53.4 Å². The monoisotopic (exact) mass is 247 g/mol. The van der Waals surface area contributed by atoms with E-state index >= 15 is 0 Å². The lowest BCUT2D eigenvalue weighted by atomic mass is 10.1. The van der Waals surface area contributed by atoms with E-state index in [0.717, 1.165) is 5.56 Å². The molecule has 0 bridgehead atoms. The van der Waals surface area contributed by atoms with Crippen molar-refractivity contribution in [1.29, 1.82) is 0 Å². The van der Waals surface area contributed by atoms with Gasteiger partial charge in [-0.3, -0.25) is 4.79 Å². The van der Waals surface area contributed by atoms with E-state index in [1.807, 2.05) is 6.92 Å². The van der Waals surface area contributed by atoms with Crippen LogP contribution in [0, 0.1) is 12.7 Å². The Balaban J connectivity index is 2.17. The maximum atomic E-state index is 13.6. The van der Waals surface area contributed by atoms with Crippen LogP contribution in [0.4, 0.5) is 4.39 Å². The van der Waals surface area contributed by atoms with Crippen molar-refractivity contribution in [2.24, 2.45) is 0 Å². The molecule has 1 amide bonds. The molecule has 2 aromatic rings. The Bertz CT molecular complexity index is 551. The first kappa shape index (κ1) is 12.3. The normalized spacial score (nSPS) is 10.4. The second-order valence-corrected chi connectivity index (χ2v) is 4.18. The molecule has 0 unspecified atom stereocenters. The number of H-pyrrole nitrogens is 1. The maximum absolute atomic E-state index is 13.6. The van der Waals surface area contributed by atoms with Gasteiger partial charge in [-0.1, -0.05) is 11.6 Å². The molecule has 1 aromatic carbocycles. The van der Waals surface area contributed by atoms with E-state index in [0.29, 0.717) is 12.4 Å². The Labute approximate surface area is 104 Å². The molecule has 0 atom stereocenters. The van der Waals surface area contributed by atoms with Gasteiger partial charge in [-0.2, -0.15) is 0 Å². The molecule has 0 aliphatic rings. The molecule has 0 aliphatic heterocycles. The third kappa shape index (κ3) is 2.56. The fourth-order valence-electron chi connectivity index (χ4n) is 1.69. The van der Waals surface area contributed by atoms with Crippen LogP contribution in [-0.2, 0) is 6.54 Å². The SMILES string of the molecule is Cc1ccc(F)c(C(=O)N(C)Cc2ncc[nH]2)c1. The molecular weight excluding hydrogens is 233 g/mol. The van der Waals surface area contributed by atoms with Crippen molar-refractivity contribution in [3.8, 4) is 0 Å². The van der Waals surface area contributed by atoms with Crippen LogP contribution < -0.4 is 0 Å². The Kier molecular flexibility index (Phi) is 3.41. The lowest BCUT2D eigenvalue weighted by Crippen LogP contribution is -2.27. The summed E-state index contributed by atoms with van der Waals surface area (Å²) in [6, 6.07) is 4.50. The first-order chi connectivity index (χ1) is 8.58. The number of carbonyl (C=O) groups is 1. The first-order valence-electron chi connectivity index (χ1n) is 5.58. The summed E-state index contributed by atoms with van der Waals surface area (Å²) in [5.74, 6) is -0.191. The number of benzene rings is 1. The summed E-state index contributed by atoms with van der Waals surface area (Å²) in [7, 11) is 1.62. The van der Waals surface area contributed by atoms with Crippen LogP contribution in [0.2, 0.25) is 0 Å². The van der Waals surface area contributed by atoms with Crippen molar-refractivity contribution in [2.75, 3.05) is 7.05 Å². The third-order valence-corrected chi connectivity index (χ3v) is 2.64. The molecule has 0 radical (unpaired) electrons. The average molecular weight is 247 g/mol. The van der Waals surface area contributed by atoms with E-state index in [-0.39, 0.29) is 11.5 Å². The minimum absolute atomic E-state index is 0.0871. The van der Waals surface area contributed by atoms with Crippen LogP contribution in [0.5, 0.6) is 0 Å². The van der Waals surface area contributed by atoms with Crippen molar-refractivity contribution in [2.45, 2.75) is 13.5 Å². The molecule has 18 heavy (non-hydrogen) atoms. The Morgan fingerprint density at radius 3 is 2.94 bits per heavy atom. The van der Waals surface area contributed by atoms with E-state index in [9.17, 15) is 9.18 Å². The minimum Gasteiger partial charge on any atom is -0.347 e. The van der Waals surface area contributed by atoms with Gasteiger partial charge in [0, 0.05) is 19.4 Å². The molecule has 1 N–H and O–H groups in total. The van der Waals surface area contributed by atoms with Gasteiger partial charge in [0.15, 0.2) is 0 Å². The van der Waals surface area contributed by atoms with Crippen LogP contribution in [0.15, 0.2) is 30.6 Å². The highest BCUT2D eigenvalue weighted by Crippen LogP contribution is 2.13. The fraction of sp³-hybridized carbons (Fsp3) is 0.231. The second-order valence-electron chi connectivity index (χ2n) is 4.18. The van der Waals surface area contributed by atoms with Crippen molar-refractivity contribution >= 4 is 5.91 Å². The van der Waals surface area contributed by atoms with Crippen molar-refractivity contribution in [1.82, 2.24) is 14.9 Å². The molecule has 1 aromatic heterocycles. The van der Waals surface area contributed by atoms with E-state index < -0.39 is 5.82 Å². The van der Waals surface area contributed by atoms with Crippen LogP contribution in [-0.4, -0.2) is 27.8 Å². The number of halogens is 1. The van der Waals surface area contributed by atoms with E-state index in [1.54, 1.807) is 31.6 Å². The number of carbonyl (C=O) groups excluding carboxylic acids is 1. The van der Waals surface area contributed by atoms with E-state index in [2.05, 4.69) is 9.97 Å². The maximum Gasteiger partial charge on any atom is 0.256 e. The van der Waals surface area contributed by atoms with Crippen molar-refractivity contribution < 1.29 is 9.18 Å². The van der Waals surface area contributed by atoms with Gasteiger partial charge in [-0.15, -0.1) is 0 Å². The summed E-state index contributed by atoms with van der Waals surface area (Å²) < 4.78 is 13.6. The molecular formula is C13H14FN3O. The zero-order valence-corrected chi connectivity index (χ0v) is 10.3. The molecule has 0 aliphatic carbocycles. The molecule has 1 heterocycles. The fourth-order valence-corrected chi connectivity index (χ4v) is 1.69. The molecule has 0 saturated heterocycles. The third-order valence-electron chi connectivity index (χ3n) is 2.64. The Morgan fingerprint density at radius 2 is 2.28 bits per heavy atom. The first-order valence-corrected chi connectivity index (χ1v) is 5.58. The number of aryl methyl sites for hydroxylation is 1. The summed E-state index contributed by atoms with van der Waals surface area (Å²) in [4.78, 5) is 20.4. The lowest BCUT2D eigenvalue weighted by molar-refractivity contribution is 0.0777. The summed E-state index contributed by atoms with van der Waals surface area (Å²) >= 11 is 0. The quantitative estimate of drug-likeness (QED) is 0.903. The molecule has 0 spiro atoms. The summed E-state index contributed by atoms with van der Waals surface area (Å²) in [5, 5.41) is 0. The predicted octanol–water partition coefficient (Wildman–Crippen LogP) is 2.13. The van der Waals surface area contributed by atoms with Gasteiger partial charge in [0.1, 0.15) is 11.6 Å². The molecule has 94 valence electrons. The molecule has 0 fully saturated rings. The van der Waals surface area contributed by atoms with E-state index in [1.165, 1.54) is 11.0 Å². The number of hydrogen-bond acceptors (Lipinski definition) is 2. The topological polar surface area (TPSA) is 49.0 Å². The van der Waals surface area contributed by atoms with Crippen molar-refractivity contribution in [3.63, 3.8) is 0 Å². The number of imidazole rings is 1. The zero-order valence-electron chi connectivity index (χ0n) is 10.3. The van der Waals surface area contributed by atoms with Crippen LogP contribution in [0.25, 0.3) is 0 Å². The summed E-state index contributed by atoms with van der Waals surface area (Å²) in [5.41, 5.74) is 0.940. The minimum atomic E-state index is -0.503. The Morgan fingerprint density at radius 1 is 1.50 bits per heavy atom. The zero-order chi connectivity index (χ0) is 13.1. The number of nitrogens with zero attached hydrogens (tertiary/aromatic N) is 2. The summed E-state index contributed by atoms with van der Waals surface area (Å²) in [6.45, 7) is 2.14. The number of aromatic amines is 1. The van der Waals surface area contributed by atoms with Gasteiger partial charge >= 0.3 is 0 Å². The van der Waals surface area contributed by atoms with Gasteiger partial charge in [0.2, 0.25) is 0 Å². The van der Waals surface area contributed by atoms with E-state index in [4.69, 9.17) is 0 Å². The molecule has 5 heteroatoms. The van der Waals surface area contributed by atoms with Gasteiger partial charge in [-0.05, 0) is 19.1 Å². The molecule has 0 saturated carbocycles. The smallest absolute Gasteiger partial charge is 0.256 e. The highest BCUT2D eigenvalue weighted by molar-refractivity contribution is 5.94. The van der Waals surface area contributed by atoms with Gasteiger partial charge in [0.25, 0.3) is 5.91 Å². The number of hydrogen-bond donors (Lipinski definition) is 1. The molecule has 2 rings (SSSR count). The summed E-state index contributed by atoms with van der Waals surface area (Å²) in [6.07, 6.45) is 3.29. The predicted molar refractivity (Wildman–Crippen MR) is 65.5 cm³/mol. The number of rotatable bonds is 3. The standard InChI is InChI=1S/C13H14FN3O/c1-9-3-4-11(14)10(7-9)13(18)17(2)8-12-15-5-6-16-12/h3-7H,8H2,1-2H3,(H,15,16). The van der Waals surface area contributed by atoms with Crippen LogP contribution >= 0.6 is 0 Å².